The fourth-order valence-corrected chi connectivity index (χ4v) is 2.79. The van der Waals surface area contributed by atoms with Crippen LogP contribution in [0.25, 0.3) is 0 Å². The summed E-state index contributed by atoms with van der Waals surface area (Å²) in [5, 5.41) is 0. The molecule has 1 aliphatic heterocycles. The van der Waals surface area contributed by atoms with E-state index in [9.17, 15) is 0 Å². The van der Waals surface area contributed by atoms with Crippen molar-refractivity contribution in [1.29, 1.82) is 0 Å². The third-order valence-electron chi connectivity index (χ3n) is 3.93. The predicted molar refractivity (Wildman–Crippen MR) is 68.1 cm³/mol. The summed E-state index contributed by atoms with van der Waals surface area (Å²) in [6.45, 7) is 3.38. The molecule has 2 nitrogen and oxygen atoms in total. The highest BCUT2D eigenvalue weighted by Gasteiger charge is 2.25. The molecule has 1 unspecified atom stereocenters. The van der Waals surface area contributed by atoms with Crippen LogP contribution in [0.5, 0.6) is 0 Å². The van der Waals surface area contributed by atoms with E-state index < -0.39 is 0 Å². The molecule has 2 aliphatic rings. The Morgan fingerprint density at radius 3 is 2.56 bits per heavy atom. The van der Waals surface area contributed by atoms with Gasteiger partial charge in [-0.15, -0.1) is 11.6 Å². The largest absolute Gasteiger partial charge is 0.378 e. The molecule has 0 bridgehead atoms. The van der Waals surface area contributed by atoms with Crippen molar-refractivity contribution in [1.82, 2.24) is 4.90 Å². The van der Waals surface area contributed by atoms with Gasteiger partial charge in [-0.1, -0.05) is 6.42 Å². The van der Waals surface area contributed by atoms with Crippen LogP contribution in [0.2, 0.25) is 0 Å². The van der Waals surface area contributed by atoms with Crippen molar-refractivity contribution in [3.8, 4) is 0 Å². The Kier molecular flexibility index (Phi) is 5.40. The smallest absolute Gasteiger partial charge is 0.0588 e. The fraction of sp³-hybridized carbons (Fsp3) is 1.00. The topological polar surface area (TPSA) is 12.5 Å². The van der Waals surface area contributed by atoms with E-state index in [-0.39, 0.29) is 0 Å². The van der Waals surface area contributed by atoms with E-state index in [0.29, 0.717) is 6.10 Å². The van der Waals surface area contributed by atoms with E-state index in [2.05, 4.69) is 4.90 Å². The number of hydrogen-bond acceptors (Lipinski definition) is 2. The third-order valence-corrected chi connectivity index (χ3v) is 4.20. The molecule has 0 radical (unpaired) electrons. The highest BCUT2D eigenvalue weighted by atomic mass is 35.5. The number of hydrogen-bond donors (Lipinski definition) is 0. The molecule has 1 aliphatic carbocycles. The molecule has 0 spiro atoms. The number of alkyl halides is 1. The molecule has 1 saturated heterocycles. The SMILES string of the molecule is ClCCCN(CCC1CCCO1)C1CCC1. The molecule has 1 atom stereocenters. The van der Waals surface area contributed by atoms with Crippen LogP contribution in [0, 0.1) is 0 Å². The van der Waals surface area contributed by atoms with Gasteiger partial charge in [0.25, 0.3) is 0 Å². The Morgan fingerprint density at radius 2 is 2.00 bits per heavy atom. The van der Waals surface area contributed by atoms with Crippen LogP contribution in [-0.2, 0) is 4.74 Å². The van der Waals surface area contributed by atoms with Crippen LogP contribution < -0.4 is 0 Å². The first kappa shape index (κ1) is 12.7. The van der Waals surface area contributed by atoms with Crippen LogP contribution in [0.3, 0.4) is 0 Å². The molecular formula is C13H24ClNO. The van der Waals surface area contributed by atoms with Gasteiger partial charge in [0.1, 0.15) is 0 Å². The predicted octanol–water partition coefficient (Wildman–Crippen LogP) is 3.04. The Hall–Kier alpha value is 0.210. The van der Waals surface area contributed by atoms with Crippen molar-refractivity contribution in [2.45, 2.75) is 57.1 Å². The van der Waals surface area contributed by atoms with Gasteiger partial charge in [0.05, 0.1) is 6.10 Å². The van der Waals surface area contributed by atoms with Crippen LogP contribution in [-0.4, -0.2) is 42.6 Å². The standard InChI is InChI=1S/C13H24ClNO/c14-8-3-9-15(12-4-1-5-12)10-7-13-6-2-11-16-13/h12-13H,1-11H2. The summed E-state index contributed by atoms with van der Waals surface area (Å²) in [6.07, 6.45) is 9.63. The second-order valence-electron chi connectivity index (χ2n) is 5.09. The van der Waals surface area contributed by atoms with Gasteiger partial charge in [0.15, 0.2) is 0 Å². The van der Waals surface area contributed by atoms with Crippen molar-refractivity contribution in [3.05, 3.63) is 0 Å². The molecule has 16 heavy (non-hydrogen) atoms. The molecule has 1 heterocycles. The molecule has 94 valence electrons. The summed E-state index contributed by atoms with van der Waals surface area (Å²) in [6, 6.07) is 0.851. The number of nitrogens with zero attached hydrogens (tertiary/aromatic N) is 1. The van der Waals surface area contributed by atoms with E-state index in [1.807, 2.05) is 0 Å². The van der Waals surface area contributed by atoms with Gasteiger partial charge < -0.3 is 9.64 Å². The average molecular weight is 246 g/mol. The molecule has 0 aromatic carbocycles. The first-order valence-electron chi connectivity index (χ1n) is 6.82. The normalized spacial score (nSPS) is 26.2. The zero-order valence-corrected chi connectivity index (χ0v) is 10.9. The highest BCUT2D eigenvalue weighted by molar-refractivity contribution is 6.17. The van der Waals surface area contributed by atoms with Crippen molar-refractivity contribution in [3.63, 3.8) is 0 Å². The summed E-state index contributed by atoms with van der Waals surface area (Å²) < 4.78 is 5.69. The zero-order chi connectivity index (χ0) is 11.2. The van der Waals surface area contributed by atoms with Gasteiger partial charge >= 0.3 is 0 Å². The lowest BCUT2D eigenvalue weighted by Gasteiger charge is -2.38. The van der Waals surface area contributed by atoms with Gasteiger partial charge in [-0.25, -0.2) is 0 Å². The van der Waals surface area contributed by atoms with Crippen LogP contribution in [0.4, 0.5) is 0 Å². The maximum Gasteiger partial charge on any atom is 0.0588 e. The lowest BCUT2D eigenvalue weighted by Crippen LogP contribution is -2.42. The minimum absolute atomic E-state index is 0.540. The minimum Gasteiger partial charge on any atom is -0.378 e. The van der Waals surface area contributed by atoms with Crippen LogP contribution in [0.1, 0.15) is 44.9 Å². The molecule has 0 aromatic rings. The number of halogens is 1. The van der Waals surface area contributed by atoms with Gasteiger partial charge in [0.2, 0.25) is 0 Å². The monoisotopic (exact) mass is 245 g/mol. The summed E-state index contributed by atoms with van der Waals surface area (Å²) in [5.41, 5.74) is 0. The fourth-order valence-electron chi connectivity index (χ4n) is 2.67. The molecule has 2 fully saturated rings. The van der Waals surface area contributed by atoms with Gasteiger partial charge in [-0.3, -0.25) is 0 Å². The van der Waals surface area contributed by atoms with Crippen molar-refractivity contribution in [2.24, 2.45) is 0 Å². The Balaban J connectivity index is 1.67. The van der Waals surface area contributed by atoms with Gasteiger partial charge in [-0.2, -0.15) is 0 Å². The lowest BCUT2D eigenvalue weighted by atomic mass is 9.91. The maximum atomic E-state index is 5.79. The Morgan fingerprint density at radius 1 is 1.12 bits per heavy atom. The summed E-state index contributed by atoms with van der Waals surface area (Å²) in [7, 11) is 0. The third kappa shape index (κ3) is 3.61. The van der Waals surface area contributed by atoms with Crippen molar-refractivity contribution in [2.75, 3.05) is 25.6 Å². The van der Waals surface area contributed by atoms with Gasteiger partial charge in [0, 0.05) is 25.1 Å². The molecule has 0 N–H and O–H groups in total. The number of ether oxygens (including phenoxy) is 1. The second kappa shape index (κ2) is 6.83. The minimum atomic E-state index is 0.540. The van der Waals surface area contributed by atoms with E-state index in [0.717, 1.165) is 24.9 Å². The molecular weight excluding hydrogens is 222 g/mol. The van der Waals surface area contributed by atoms with Crippen LogP contribution >= 0.6 is 11.6 Å². The highest BCUT2D eigenvalue weighted by Crippen LogP contribution is 2.26. The Bertz CT molecular complexity index is 190. The lowest BCUT2D eigenvalue weighted by molar-refractivity contribution is 0.0701. The summed E-state index contributed by atoms with van der Waals surface area (Å²) in [5.74, 6) is 0.795. The first-order valence-corrected chi connectivity index (χ1v) is 7.35. The van der Waals surface area contributed by atoms with Crippen LogP contribution in [0.15, 0.2) is 0 Å². The van der Waals surface area contributed by atoms with E-state index in [4.69, 9.17) is 16.3 Å². The van der Waals surface area contributed by atoms with Crippen molar-refractivity contribution < 1.29 is 4.74 Å². The molecule has 0 amide bonds. The van der Waals surface area contributed by atoms with E-state index in [1.54, 1.807) is 0 Å². The average Bonchev–Trinajstić information content (AvgIpc) is 2.72. The first-order chi connectivity index (χ1) is 7.90. The molecule has 0 aromatic heterocycles. The summed E-state index contributed by atoms with van der Waals surface area (Å²) >= 11 is 5.79. The van der Waals surface area contributed by atoms with Crippen molar-refractivity contribution >= 4 is 11.6 Å². The molecule has 1 saturated carbocycles. The zero-order valence-electron chi connectivity index (χ0n) is 10.2. The van der Waals surface area contributed by atoms with E-state index in [1.165, 1.54) is 51.6 Å². The second-order valence-corrected chi connectivity index (χ2v) is 5.46. The molecule has 2 rings (SSSR count). The maximum absolute atomic E-state index is 5.79. The number of rotatable bonds is 7. The summed E-state index contributed by atoms with van der Waals surface area (Å²) in [4.78, 5) is 2.65. The molecule has 3 heteroatoms. The van der Waals surface area contributed by atoms with Gasteiger partial charge in [-0.05, 0) is 45.1 Å². The quantitative estimate of drug-likeness (QED) is 0.640. The van der Waals surface area contributed by atoms with E-state index >= 15 is 0 Å². The Labute approximate surface area is 104 Å².